The highest BCUT2D eigenvalue weighted by Gasteiger charge is 2.37. The Kier molecular flexibility index (Phi) is 4.23. The van der Waals surface area contributed by atoms with Gasteiger partial charge in [-0.05, 0) is 43.9 Å². The highest BCUT2D eigenvalue weighted by molar-refractivity contribution is 5.42. The van der Waals surface area contributed by atoms with Crippen molar-refractivity contribution in [3.63, 3.8) is 0 Å². The maximum Gasteiger partial charge on any atom is 0.124 e. The van der Waals surface area contributed by atoms with Crippen LogP contribution in [0.1, 0.15) is 63.1 Å². The van der Waals surface area contributed by atoms with Gasteiger partial charge in [0.1, 0.15) is 18.5 Å². The van der Waals surface area contributed by atoms with Crippen molar-refractivity contribution >= 4 is 0 Å². The van der Waals surface area contributed by atoms with Gasteiger partial charge in [-0.2, -0.15) is 0 Å². The molecule has 3 atom stereocenters. The number of hydrogen-bond donors (Lipinski definition) is 1. The molecule has 21 heavy (non-hydrogen) atoms. The van der Waals surface area contributed by atoms with Gasteiger partial charge in [0.05, 0.1) is 6.04 Å². The number of benzene rings is 1. The molecule has 3 unspecified atom stereocenters. The van der Waals surface area contributed by atoms with Crippen molar-refractivity contribution in [1.82, 2.24) is 4.90 Å². The quantitative estimate of drug-likeness (QED) is 0.905. The molecular weight excluding hydrogens is 262 g/mol. The van der Waals surface area contributed by atoms with Crippen molar-refractivity contribution in [2.75, 3.05) is 13.2 Å². The van der Waals surface area contributed by atoms with E-state index in [9.17, 15) is 5.11 Å². The molecular formula is C18H27NO2. The van der Waals surface area contributed by atoms with Crippen molar-refractivity contribution in [3.05, 3.63) is 29.3 Å². The van der Waals surface area contributed by atoms with Gasteiger partial charge in [-0.25, -0.2) is 0 Å². The molecule has 3 heteroatoms. The maximum absolute atomic E-state index is 10.5. The number of hydrogen-bond acceptors (Lipinski definition) is 3. The second-order valence-corrected chi connectivity index (χ2v) is 6.86. The number of aliphatic hydroxyl groups excluding tert-OH is 1. The Morgan fingerprint density at radius 1 is 1.29 bits per heavy atom. The van der Waals surface area contributed by atoms with E-state index in [1.165, 1.54) is 30.4 Å². The van der Waals surface area contributed by atoms with E-state index >= 15 is 0 Å². The second-order valence-electron chi connectivity index (χ2n) is 6.86. The van der Waals surface area contributed by atoms with E-state index in [1.807, 2.05) is 0 Å². The molecule has 2 heterocycles. The number of likely N-dealkylation sites (tertiary alicyclic amines) is 1. The second kappa shape index (κ2) is 5.98. The minimum Gasteiger partial charge on any atom is -0.490 e. The SMILES string of the molecule is CC(C)c1ccc2c(c1)C(N1CCCCC1C)C(O)CO2. The summed E-state index contributed by atoms with van der Waals surface area (Å²) in [6.45, 7) is 8.18. The van der Waals surface area contributed by atoms with Crippen LogP contribution < -0.4 is 4.74 Å². The molecule has 0 saturated carbocycles. The van der Waals surface area contributed by atoms with Gasteiger partial charge < -0.3 is 9.84 Å². The van der Waals surface area contributed by atoms with Gasteiger partial charge >= 0.3 is 0 Å². The van der Waals surface area contributed by atoms with Gasteiger partial charge in [-0.15, -0.1) is 0 Å². The summed E-state index contributed by atoms with van der Waals surface area (Å²) >= 11 is 0. The molecule has 0 spiro atoms. The van der Waals surface area contributed by atoms with Crippen LogP contribution >= 0.6 is 0 Å². The largest absolute Gasteiger partial charge is 0.490 e. The van der Waals surface area contributed by atoms with Crippen LogP contribution in [0.4, 0.5) is 0 Å². The molecule has 2 aliphatic rings. The fourth-order valence-electron chi connectivity index (χ4n) is 3.70. The monoisotopic (exact) mass is 289 g/mol. The van der Waals surface area contributed by atoms with E-state index in [1.54, 1.807) is 0 Å². The van der Waals surface area contributed by atoms with Crippen molar-refractivity contribution in [3.8, 4) is 5.75 Å². The zero-order chi connectivity index (χ0) is 15.0. The number of fused-ring (bicyclic) bond motifs is 1. The van der Waals surface area contributed by atoms with Crippen molar-refractivity contribution < 1.29 is 9.84 Å². The van der Waals surface area contributed by atoms with Crippen LogP contribution in [0.3, 0.4) is 0 Å². The van der Waals surface area contributed by atoms with Gasteiger partial charge in [-0.1, -0.05) is 32.4 Å². The first-order valence-electron chi connectivity index (χ1n) is 8.28. The molecule has 1 aromatic rings. The maximum atomic E-state index is 10.5. The Morgan fingerprint density at radius 2 is 2.10 bits per heavy atom. The molecule has 3 nitrogen and oxygen atoms in total. The molecule has 0 amide bonds. The number of rotatable bonds is 2. The molecule has 3 rings (SSSR count). The molecule has 1 fully saturated rings. The highest BCUT2D eigenvalue weighted by atomic mass is 16.5. The minimum absolute atomic E-state index is 0.0859. The van der Waals surface area contributed by atoms with Crippen molar-refractivity contribution in [2.24, 2.45) is 0 Å². The number of ether oxygens (including phenoxy) is 1. The van der Waals surface area contributed by atoms with E-state index < -0.39 is 6.10 Å². The molecule has 0 aliphatic carbocycles. The summed E-state index contributed by atoms with van der Waals surface area (Å²) in [5.74, 6) is 1.45. The number of aliphatic hydroxyl groups is 1. The first-order valence-corrected chi connectivity index (χ1v) is 8.28. The van der Waals surface area contributed by atoms with Gasteiger partial charge in [-0.3, -0.25) is 4.90 Å². The average Bonchev–Trinajstić information content (AvgIpc) is 2.48. The third kappa shape index (κ3) is 2.82. The lowest BCUT2D eigenvalue weighted by Crippen LogP contribution is -2.48. The smallest absolute Gasteiger partial charge is 0.124 e. The fourth-order valence-corrected chi connectivity index (χ4v) is 3.70. The van der Waals surface area contributed by atoms with Crippen molar-refractivity contribution in [2.45, 2.75) is 64.1 Å². The van der Waals surface area contributed by atoms with E-state index in [4.69, 9.17) is 4.74 Å². The molecule has 1 aromatic carbocycles. The Hall–Kier alpha value is -1.06. The normalized spacial score (nSPS) is 30.0. The number of nitrogens with zero attached hydrogens (tertiary/aromatic N) is 1. The standard InChI is InChI=1S/C18H27NO2/c1-12(2)14-7-8-17-15(10-14)18(16(20)11-21-17)19-9-5-4-6-13(19)3/h7-8,10,12-13,16,18,20H,4-6,9,11H2,1-3H3. The Balaban J connectivity index is 1.98. The first kappa shape index (κ1) is 14.9. The fraction of sp³-hybridized carbons (Fsp3) is 0.667. The van der Waals surface area contributed by atoms with Gasteiger partial charge in [0.25, 0.3) is 0 Å². The molecule has 2 aliphatic heterocycles. The first-order chi connectivity index (χ1) is 10.1. The topological polar surface area (TPSA) is 32.7 Å². The summed E-state index contributed by atoms with van der Waals surface area (Å²) in [6, 6.07) is 7.10. The molecule has 1 saturated heterocycles. The third-order valence-electron chi connectivity index (χ3n) is 5.00. The summed E-state index contributed by atoms with van der Waals surface area (Å²) < 4.78 is 5.75. The minimum atomic E-state index is -0.430. The summed E-state index contributed by atoms with van der Waals surface area (Å²) in [5.41, 5.74) is 2.50. The van der Waals surface area contributed by atoms with Crippen LogP contribution in [0.15, 0.2) is 18.2 Å². The Bertz CT molecular complexity index is 500. The van der Waals surface area contributed by atoms with E-state index in [0.717, 1.165) is 12.3 Å². The Morgan fingerprint density at radius 3 is 2.81 bits per heavy atom. The van der Waals surface area contributed by atoms with E-state index in [0.29, 0.717) is 18.6 Å². The van der Waals surface area contributed by atoms with Gasteiger partial charge in [0, 0.05) is 11.6 Å². The van der Waals surface area contributed by atoms with Crippen LogP contribution in [-0.2, 0) is 0 Å². The molecule has 116 valence electrons. The predicted molar refractivity (Wildman–Crippen MR) is 84.8 cm³/mol. The van der Waals surface area contributed by atoms with E-state index in [-0.39, 0.29) is 6.04 Å². The average molecular weight is 289 g/mol. The lowest BCUT2D eigenvalue weighted by Gasteiger charge is -2.44. The van der Waals surface area contributed by atoms with Crippen LogP contribution in [0.25, 0.3) is 0 Å². The molecule has 0 radical (unpaired) electrons. The molecule has 1 N–H and O–H groups in total. The van der Waals surface area contributed by atoms with Crippen LogP contribution in [0.2, 0.25) is 0 Å². The van der Waals surface area contributed by atoms with Crippen LogP contribution in [0, 0.1) is 0 Å². The predicted octanol–water partition coefficient (Wildman–Crippen LogP) is 3.48. The summed E-state index contributed by atoms with van der Waals surface area (Å²) in [4.78, 5) is 2.49. The van der Waals surface area contributed by atoms with Crippen molar-refractivity contribution in [1.29, 1.82) is 0 Å². The lowest BCUT2D eigenvalue weighted by atomic mass is 9.89. The summed E-state index contributed by atoms with van der Waals surface area (Å²) in [7, 11) is 0. The third-order valence-corrected chi connectivity index (χ3v) is 5.00. The number of piperidine rings is 1. The highest BCUT2D eigenvalue weighted by Crippen LogP contribution is 2.40. The van der Waals surface area contributed by atoms with E-state index in [2.05, 4.69) is 43.9 Å². The van der Waals surface area contributed by atoms with Gasteiger partial charge in [0.2, 0.25) is 0 Å². The lowest BCUT2D eigenvalue weighted by molar-refractivity contribution is -0.0248. The zero-order valence-electron chi connectivity index (χ0n) is 13.4. The molecule has 0 bridgehead atoms. The van der Waals surface area contributed by atoms with Crippen LogP contribution in [-0.4, -0.2) is 35.3 Å². The summed E-state index contributed by atoms with van der Waals surface area (Å²) in [6.07, 6.45) is 3.33. The van der Waals surface area contributed by atoms with Gasteiger partial charge in [0.15, 0.2) is 0 Å². The zero-order valence-corrected chi connectivity index (χ0v) is 13.4. The molecule has 0 aromatic heterocycles. The Labute approximate surface area is 127 Å². The summed E-state index contributed by atoms with van der Waals surface area (Å²) in [5, 5.41) is 10.5. The van der Waals surface area contributed by atoms with Crippen LogP contribution in [0.5, 0.6) is 5.75 Å².